The van der Waals surface area contributed by atoms with Crippen molar-refractivity contribution in [1.29, 1.82) is 0 Å². The zero-order chi connectivity index (χ0) is 19.1. The number of aromatic hydroxyl groups is 1. The standard InChI is InChI=1S/C19H19N3O4/c1-19(2,3)22-16(24)14-9-6-12(10-15(14)17(22)25)21-18(26)20-11-4-7-13(23)8-5-11/h4-10,23H,1-3H3,(H2,20,21,26). The molecule has 7 heteroatoms. The monoisotopic (exact) mass is 353 g/mol. The highest BCUT2D eigenvalue weighted by molar-refractivity contribution is 6.22. The molecule has 2 aromatic rings. The largest absolute Gasteiger partial charge is 0.508 e. The number of imide groups is 1. The SMILES string of the molecule is CC(C)(C)N1C(=O)c2ccc(NC(=O)Nc3ccc(O)cc3)cc2C1=O. The number of fused-ring (bicyclic) bond motifs is 1. The van der Waals surface area contributed by atoms with E-state index >= 15 is 0 Å². The van der Waals surface area contributed by atoms with Crippen molar-refractivity contribution < 1.29 is 19.5 Å². The van der Waals surface area contributed by atoms with Crippen molar-refractivity contribution in [3.8, 4) is 5.75 Å². The molecule has 3 N–H and O–H groups in total. The lowest BCUT2D eigenvalue weighted by Gasteiger charge is -2.29. The number of carbonyl (C=O) groups is 3. The van der Waals surface area contributed by atoms with Gasteiger partial charge in [-0.25, -0.2) is 4.79 Å². The Morgan fingerprint density at radius 1 is 0.885 bits per heavy atom. The van der Waals surface area contributed by atoms with Gasteiger partial charge in [-0.2, -0.15) is 0 Å². The van der Waals surface area contributed by atoms with Gasteiger partial charge in [-0.3, -0.25) is 14.5 Å². The highest BCUT2D eigenvalue weighted by Gasteiger charge is 2.41. The molecule has 7 nitrogen and oxygen atoms in total. The highest BCUT2D eigenvalue weighted by Crippen LogP contribution is 2.31. The fourth-order valence-corrected chi connectivity index (χ4v) is 2.77. The number of anilines is 2. The minimum Gasteiger partial charge on any atom is -0.508 e. The molecule has 0 aromatic heterocycles. The van der Waals surface area contributed by atoms with Crippen molar-refractivity contribution in [2.24, 2.45) is 0 Å². The number of hydrogen-bond donors (Lipinski definition) is 3. The van der Waals surface area contributed by atoms with Crippen LogP contribution in [0.3, 0.4) is 0 Å². The molecule has 0 fully saturated rings. The van der Waals surface area contributed by atoms with Gasteiger partial charge in [-0.15, -0.1) is 0 Å². The number of amides is 4. The van der Waals surface area contributed by atoms with Crippen LogP contribution >= 0.6 is 0 Å². The van der Waals surface area contributed by atoms with E-state index in [1.165, 1.54) is 29.2 Å². The van der Waals surface area contributed by atoms with Crippen LogP contribution in [0.5, 0.6) is 5.75 Å². The molecule has 1 aliphatic heterocycles. The molecule has 2 aromatic carbocycles. The van der Waals surface area contributed by atoms with Gasteiger partial charge in [0.1, 0.15) is 5.75 Å². The molecule has 134 valence electrons. The third kappa shape index (κ3) is 3.23. The average molecular weight is 353 g/mol. The highest BCUT2D eigenvalue weighted by atomic mass is 16.3. The number of rotatable bonds is 2. The van der Waals surface area contributed by atoms with Crippen LogP contribution in [0.15, 0.2) is 42.5 Å². The van der Waals surface area contributed by atoms with E-state index in [1.54, 1.807) is 39.0 Å². The third-order valence-corrected chi connectivity index (χ3v) is 3.94. The molecule has 1 heterocycles. The normalized spacial score (nSPS) is 13.6. The molecule has 0 atom stereocenters. The van der Waals surface area contributed by atoms with Gasteiger partial charge in [0.25, 0.3) is 11.8 Å². The number of benzene rings is 2. The quantitative estimate of drug-likeness (QED) is 0.569. The van der Waals surface area contributed by atoms with E-state index in [9.17, 15) is 19.5 Å². The molecule has 0 unspecified atom stereocenters. The Balaban J connectivity index is 1.77. The van der Waals surface area contributed by atoms with E-state index < -0.39 is 11.6 Å². The molecule has 0 spiro atoms. The van der Waals surface area contributed by atoms with Gasteiger partial charge >= 0.3 is 6.03 Å². The number of phenolic OH excluding ortho intramolecular Hbond substituents is 1. The summed E-state index contributed by atoms with van der Waals surface area (Å²) in [5.41, 5.74) is 0.877. The first-order valence-corrected chi connectivity index (χ1v) is 8.07. The summed E-state index contributed by atoms with van der Waals surface area (Å²) in [6.45, 7) is 5.37. The molecular weight excluding hydrogens is 334 g/mol. The molecule has 0 radical (unpaired) electrons. The van der Waals surface area contributed by atoms with Crippen LogP contribution in [0.2, 0.25) is 0 Å². The van der Waals surface area contributed by atoms with Crippen LogP contribution in [-0.4, -0.2) is 33.4 Å². The topological polar surface area (TPSA) is 98.7 Å². The summed E-state index contributed by atoms with van der Waals surface area (Å²) in [6.07, 6.45) is 0. The van der Waals surface area contributed by atoms with Crippen molar-refractivity contribution in [3.05, 3.63) is 53.6 Å². The number of phenols is 1. The van der Waals surface area contributed by atoms with Gasteiger partial charge < -0.3 is 15.7 Å². The Kier molecular flexibility index (Phi) is 4.15. The summed E-state index contributed by atoms with van der Waals surface area (Å²) in [4.78, 5) is 38.3. The Morgan fingerprint density at radius 2 is 1.42 bits per heavy atom. The molecule has 26 heavy (non-hydrogen) atoms. The van der Waals surface area contributed by atoms with Crippen molar-refractivity contribution in [2.45, 2.75) is 26.3 Å². The van der Waals surface area contributed by atoms with Crippen LogP contribution in [0.4, 0.5) is 16.2 Å². The van der Waals surface area contributed by atoms with Crippen molar-refractivity contribution in [2.75, 3.05) is 10.6 Å². The van der Waals surface area contributed by atoms with Gasteiger partial charge in [0.05, 0.1) is 11.1 Å². The molecule has 0 bridgehead atoms. The second kappa shape index (κ2) is 6.18. The van der Waals surface area contributed by atoms with E-state index in [0.29, 0.717) is 16.9 Å². The maximum absolute atomic E-state index is 12.6. The van der Waals surface area contributed by atoms with Gasteiger partial charge in [0, 0.05) is 16.9 Å². The predicted octanol–water partition coefficient (Wildman–Crippen LogP) is 3.43. The molecule has 0 saturated carbocycles. The molecule has 4 amide bonds. The minimum absolute atomic E-state index is 0.0983. The zero-order valence-corrected chi connectivity index (χ0v) is 14.7. The molecule has 1 aliphatic rings. The van der Waals surface area contributed by atoms with Crippen molar-refractivity contribution in [1.82, 2.24) is 4.90 Å². The Morgan fingerprint density at radius 3 is 2.04 bits per heavy atom. The van der Waals surface area contributed by atoms with E-state index in [-0.39, 0.29) is 23.1 Å². The summed E-state index contributed by atoms with van der Waals surface area (Å²) in [6, 6.07) is 10.1. The molecule has 3 rings (SSSR count). The molecule has 0 saturated heterocycles. The Bertz CT molecular complexity index is 898. The third-order valence-electron chi connectivity index (χ3n) is 3.94. The number of nitrogens with one attached hydrogen (secondary N) is 2. The molecule has 0 aliphatic carbocycles. The lowest BCUT2D eigenvalue weighted by Crippen LogP contribution is -2.45. The molecular formula is C19H19N3O4. The van der Waals surface area contributed by atoms with Crippen LogP contribution in [0.25, 0.3) is 0 Å². The fourth-order valence-electron chi connectivity index (χ4n) is 2.77. The van der Waals surface area contributed by atoms with Crippen molar-refractivity contribution >= 4 is 29.2 Å². The Labute approximate surface area is 150 Å². The second-order valence-electron chi connectivity index (χ2n) is 7.00. The van der Waals surface area contributed by atoms with E-state index in [0.717, 1.165) is 0 Å². The number of urea groups is 1. The maximum Gasteiger partial charge on any atom is 0.323 e. The number of nitrogens with zero attached hydrogens (tertiary/aromatic N) is 1. The average Bonchev–Trinajstić information content (AvgIpc) is 2.80. The maximum atomic E-state index is 12.6. The van der Waals surface area contributed by atoms with E-state index in [2.05, 4.69) is 10.6 Å². The zero-order valence-electron chi connectivity index (χ0n) is 14.7. The van der Waals surface area contributed by atoms with Crippen LogP contribution < -0.4 is 10.6 Å². The van der Waals surface area contributed by atoms with Gasteiger partial charge in [0.15, 0.2) is 0 Å². The lowest BCUT2D eigenvalue weighted by atomic mass is 10.1. The van der Waals surface area contributed by atoms with Crippen molar-refractivity contribution in [3.63, 3.8) is 0 Å². The summed E-state index contributed by atoms with van der Waals surface area (Å²) < 4.78 is 0. The first-order chi connectivity index (χ1) is 12.2. The van der Waals surface area contributed by atoms with Gasteiger partial charge in [-0.05, 0) is 63.2 Å². The summed E-state index contributed by atoms with van der Waals surface area (Å²) in [5, 5.41) is 14.5. The Hall–Kier alpha value is -3.35. The summed E-state index contributed by atoms with van der Waals surface area (Å²) in [5.74, 6) is -0.612. The number of hydrogen-bond acceptors (Lipinski definition) is 4. The van der Waals surface area contributed by atoms with Gasteiger partial charge in [0.2, 0.25) is 0 Å². The predicted molar refractivity (Wildman–Crippen MR) is 97.4 cm³/mol. The van der Waals surface area contributed by atoms with E-state index in [1.807, 2.05) is 0 Å². The summed E-state index contributed by atoms with van der Waals surface area (Å²) in [7, 11) is 0. The summed E-state index contributed by atoms with van der Waals surface area (Å²) >= 11 is 0. The first-order valence-electron chi connectivity index (χ1n) is 8.07. The van der Waals surface area contributed by atoms with Gasteiger partial charge in [-0.1, -0.05) is 0 Å². The van der Waals surface area contributed by atoms with Crippen LogP contribution in [0.1, 0.15) is 41.5 Å². The number of carbonyl (C=O) groups excluding carboxylic acids is 3. The minimum atomic E-state index is -0.628. The van der Waals surface area contributed by atoms with E-state index in [4.69, 9.17) is 0 Å². The van der Waals surface area contributed by atoms with Crippen LogP contribution in [-0.2, 0) is 0 Å². The first kappa shape index (κ1) is 17.5. The lowest BCUT2D eigenvalue weighted by molar-refractivity contribution is 0.0507. The second-order valence-corrected chi connectivity index (χ2v) is 7.00. The smallest absolute Gasteiger partial charge is 0.323 e. The van der Waals surface area contributed by atoms with Crippen LogP contribution in [0, 0.1) is 0 Å². The fraction of sp³-hybridized carbons (Fsp3) is 0.211.